The van der Waals surface area contributed by atoms with Crippen molar-refractivity contribution in [2.24, 2.45) is 4.99 Å². The highest BCUT2D eigenvalue weighted by Gasteiger charge is 2.15. The lowest BCUT2D eigenvalue weighted by molar-refractivity contribution is -0.143. The van der Waals surface area contributed by atoms with Gasteiger partial charge in [-0.15, -0.1) is 0 Å². The fourth-order valence-electron chi connectivity index (χ4n) is 1.48. The number of likely N-dealkylation sites (N-methyl/N-ethyl adjacent to an activating group) is 1. The number of esters is 1. The largest absolute Gasteiger partial charge is 0.468 e. The van der Waals surface area contributed by atoms with Gasteiger partial charge in [-0.2, -0.15) is 0 Å². The van der Waals surface area contributed by atoms with Crippen LogP contribution in [-0.4, -0.2) is 60.7 Å². The molecule has 7 heteroatoms. The molecule has 0 saturated heterocycles. The number of hydrogen-bond acceptors (Lipinski definition) is 6. The number of amidine groups is 1. The number of hydrogen-bond donors (Lipinski definition) is 3. The number of hydroxylamine groups is 2. The van der Waals surface area contributed by atoms with Gasteiger partial charge >= 0.3 is 5.97 Å². The van der Waals surface area contributed by atoms with Crippen LogP contribution < -0.4 is 5.32 Å². The van der Waals surface area contributed by atoms with Gasteiger partial charge in [-0.25, -0.2) is 10.1 Å². The van der Waals surface area contributed by atoms with Crippen LogP contribution in [0.5, 0.6) is 0 Å². The molecular formula is C11H23N3O4. The molecule has 0 aromatic carbocycles. The van der Waals surface area contributed by atoms with Gasteiger partial charge in [-0.05, 0) is 33.2 Å². The number of rotatable bonds is 8. The Labute approximate surface area is 107 Å². The van der Waals surface area contributed by atoms with E-state index in [0.29, 0.717) is 25.2 Å². The summed E-state index contributed by atoms with van der Waals surface area (Å²) < 4.78 is 4.64. The van der Waals surface area contributed by atoms with E-state index in [1.54, 1.807) is 14.0 Å². The predicted molar refractivity (Wildman–Crippen MR) is 67.4 cm³/mol. The van der Waals surface area contributed by atoms with Crippen LogP contribution in [0, 0.1) is 0 Å². The molecule has 0 unspecified atom stereocenters. The molecule has 0 aliphatic carbocycles. The topological polar surface area (TPSA) is 94.4 Å². The summed E-state index contributed by atoms with van der Waals surface area (Å²) in [5.41, 5.74) is 0. The highest BCUT2D eigenvalue weighted by atomic mass is 16.5. The van der Waals surface area contributed by atoms with Gasteiger partial charge in [0.1, 0.15) is 18.6 Å². The highest BCUT2D eigenvalue weighted by Crippen LogP contribution is 2.03. The molecule has 0 spiro atoms. The first-order valence-corrected chi connectivity index (χ1v) is 5.90. The van der Waals surface area contributed by atoms with Crippen molar-refractivity contribution in [3.05, 3.63) is 0 Å². The van der Waals surface area contributed by atoms with Crippen molar-refractivity contribution in [1.29, 1.82) is 0 Å². The van der Waals surface area contributed by atoms with Crippen LogP contribution in [0.4, 0.5) is 0 Å². The lowest BCUT2D eigenvalue weighted by Crippen LogP contribution is -2.35. The Morgan fingerprint density at radius 3 is 2.67 bits per heavy atom. The van der Waals surface area contributed by atoms with E-state index in [2.05, 4.69) is 15.0 Å². The number of unbranched alkanes of at least 4 members (excludes halogenated alkanes) is 1. The summed E-state index contributed by atoms with van der Waals surface area (Å²) in [6.45, 7) is 1.68. The van der Waals surface area contributed by atoms with E-state index in [0.717, 1.165) is 11.5 Å². The van der Waals surface area contributed by atoms with Gasteiger partial charge in [0.25, 0.3) is 0 Å². The molecule has 0 aliphatic rings. The molecule has 7 nitrogen and oxygen atoms in total. The molecule has 0 fully saturated rings. The molecule has 0 aromatic heterocycles. The number of carbonyl (C=O) groups is 1. The number of aliphatic imine (C=N–C) groups is 1. The normalized spacial score (nSPS) is 13.3. The number of nitrogens with one attached hydrogen (secondary N) is 1. The second-order valence-corrected chi connectivity index (χ2v) is 3.83. The van der Waals surface area contributed by atoms with Crippen molar-refractivity contribution >= 4 is 11.8 Å². The van der Waals surface area contributed by atoms with Crippen molar-refractivity contribution < 1.29 is 19.8 Å². The summed E-state index contributed by atoms with van der Waals surface area (Å²) in [5, 5.41) is 21.9. The average Bonchev–Trinajstić information content (AvgIpc) is 2.38. The highest BCUT2D eigenvalue weighted by molar-refractivity contribution is 5.78. The summed E-state index contributed by atoms with van der Waals surface area (Å²) in [4.78, 5) is 14.9. The summed E-state index contributed by atoms with van der Waals surface area (Å²) in [5.74, 6) is 0.0898. The van der Waals surface area contributed by atoms with Gasteiger partial charge in [0.15, 0.2) is 0 Å². The van der Waals surface area contributed by atoms with E-state index < -0.39 is 0 Å². The zero-order chi connectivity index (χ0) is 14.0. The minimum absolute atomic E-state index is 0.281. The van der Waals surface area contributed by atoms with Crippen LogP contribution in [0.3, 0.4) is 0 Å². The summed E-state index contributed by atoms with van der Waals surface area (Å²) in [6, 6.07) is -0.311. The predicted octanol–water partition coefficient (Wildman–Crippen LogP) is -0.0229. The number of ether oxygens (including phenoxy) is 1. The number of carbonyl (C=O) groups excluding carboxylic acids is 1. The molecule has 0 aromatic rings. The fourth-order valence-corrected chi connectivity index (χ4v) is 1.48. The molecule has 0 aliphatic heterocycles. The Morgan fingerprint density at radius 1 is 1.50 bits per heavy atom. The molecule has 1 atom stereocenters. The summed E-state index contributed by atoms with van der Waals surface area (Å²) >= 11 is 0. The molecular weight excluding hydrogens is 238 g/mol. The zero-order valence-corrected chi connectivity index (χ0v) is 11.2. The molecule has 0 heterocycles. The Kier molecular flexibility index (Phi) is 9.17. The zero-order valence-electron chi connectivity index (χ0n) is 11.2. The van der Waals surface area contributed by atoms with Crippen LogP contribution >= 0.6 is 0 Å². The monoisotopic (exact) mass is 261 g/mol. The molecule has 0 radical (unpaired) electrons. The fraction of sp³-hybridized carbons (Fsp3) is 0.818. The Hall–Kier alpha value is -1.18. The summed E-state index contributed by atoms with van der Waals surface area (Å²) in [7, 11) is 3.06. The van der Waals surface area contributed by atoms with Crippen molar-refractivity contribution in [2.75, 3.05) is 27.4 Å². The van der Waals surface area contributed by atoms with Gasteiger partial charge in [-0.1, -0.05) is 0 Å². The second-order valence-electron chi connectivity index (χ2n) is 3.83. The SMILES string of the molecule is CN[C@@H](CCCCN(O)C(C)=NCO)C(=O)OC. The van der Waals surface area contributed by atoms with E-state index in [-0.39, 0.29) is 18.7 Å². The van der Waals surface area contributed by atoms with Gasteiger partial charge in [-0.3, -0.25) is 10.0 Å². The summed E-state index contributed by atoms with van der Waals surface area (Å²) in [6.07, 6.45) is 2.13. The average molecular weight is 261 g/mol. The van der Waals surface area contributed by atoms with Crippen LogP contribution in [0.25, 0.3) is 0 Å². The molecule has 0 rings (SSSR count). The maximum absolute atomic E-state index is 11.3. The maximum atomic E-state index is 11.3. The molecule has 18 heavy (non-hydrogen) atoms. The van der Waals surface area contributed by atoms with E-state index in [1.165, 1.54) is 7.11 Å². The smallest absolute Gasteiger partial charge is 0.322 e. The van der Waals surface area contributed by atoms with Gasteiger partial charge in [0.2, 0.25) is 0 Å². The van der Waals surface area contributed by atoms with Crippen LogP contribution in [0.15, 0.2) is 4.99 Å². The minimum Gasteiger partial charge on any atom is -0.468 e. The number of nitrogens with zero attached hydrogens (tertiary/aromatic N) is 2. The van der Waals surface area contributed by atoms with Gasteiger partial charge in [0, 0.05) is 6.54 Å². The van der Waals surface area contributed by atoms with Crippen molar-refractivity contribution in [3.63, 3.8) is 0 Å². The van der Waals surface area contributed by atoms with E-state index in [9.17, 15) is 10.0 Å². The second kappa shape index (κ2) is 9.81. The standard InChI is InChI=1S/C11H23N3O4/c1-9(13-8-15)14(17)7-5-4-6-10(12-2)11(16)18-3/h10,12,15,17H,4-8H2,1-3H3/t10-/m0/s1. The lowest BCUT2D eigenvalue weighted by atomic mass is 10.1. The molecule has 0 saturated carbocycles. The number of aliphatic hydroxyl groups excluding tert-OH is 1. The molecule has 3 N–H and O–H groups in total. The first-order chi connectivity index (χ1) is 8.56. The third kappa shape index (κ3) is 6.53. The van der Waals surface area contributed by atoms with Crippen LogP contribution in [-0.2, 0) is 9.53 Å². The molecule has 0 amide bonds. The number of methoxy groups -OCH3 is 1. The van der Waals surface area contributed by atoms with E-state index in [4.69, 9.17) is 5.11 Å². The lowest BCUT2D eigenvalue weighted by Gasteiger charge is -2.17. The third-order valence-corrected chi connectivity index (χ3v) is 2.62. The Balaban J connectivity index is 3.85. The Bertz CT molecular complexity index is 271. The van der Waals surface area contributed by atoms with Crippen LogP contribution in [0.2, 0.25) is 0 Å². The van der Waals surface area contributed by atoms with Crippen molar-refractivity contribution in [1.82, 2.24) is 10.4 Å². The third-order valence-electron chi connectivity index (χ3n) is 2.62. The first kappa shape index (κ1) is 16.8. The quantitative estimate of drug-likeness (QED) is 0.187. The molecule has 106 valence electrons. The maximum Gasteiger partial charge on any atom is 0.322 e. The van der Waals surface area contributed by atoms with Crippen molar-refractivity contribution in [3.8, 4) is 0 Å². The first-order valence-electron chi connectivity index (χ1n) is 5.90. The van der Waals surface area contributed by atoms with Crippen LogP contribution in [0.1, 0.15) is 26.2 Å². The number of aliphatic hydroxyl groups is 1. The van der Waals surface area contributed by atoms with Gasteiger partial charge < -0.3 is 15.2 Å². The van der Waals surface area contributed by atoms with Crippen molar-refractivity contribution in [2.45, 2.75) is 32.2 Å². The minimum atomic E-state index is -0.340. The molecule has 0 bridgehead atoms. The van der Waals surface area contributed by atoms with E-state index in [1.807, 2.05) is 0 Å². The Morgan fingerprint density at radius 2 is 2.17 bits per heavy atom. The van der Waals surface area contributed by atoms with Gasteiger partial charge in [0.05, 0.1) is 7.11 Å². The van der Waals surface area contributed by atoms with E-state index >= 15 is 0 Å².